The summed E-state index contributed by atoms with van der Waals surface area (Å²) < 4.78 is 5.96. The second-order valence-corrected chi connectivity index (χ2v) is 5.74. The highest BCUT2D eigenvalue weighted by atomic mass is 35.5. The van der Waals surface area contributed by atoms with Gasteiger partial charge in [-0.3, -0.25) is 0 Å². The molecular formula is C17H20ClNO. The summed E-state index contributed by atoms with van der Waals surface area (Å²) in [6.07, 6.45) is 0.778. The quantitative estimate of drug-likeness (QED) is 0.890. The number of halogens is 1. The minimum absolute atomic E-state index is 0.0904. The third kappa shape index (κ3) is 3.75. The summed E-state index contributed by atoms with van der Waals surface area (Å²) >= 11 is 6.22. The Morgan fingerprint density at radius 3 is 2.25 bits per heavy atom. The lowest BCUT2D eigenvalue weighted by Gasteiger charge is -2.14. The van der Waals surface area contributed by atoms with E-state index in [1.807, 2.05) is 44.2 Å². The first-order valence-corrected chi connectivity index (χ1v) is 7.12. The molecule has 106 valence electrons. The van der Waals surface area contributed by atoms with Crippen molar-refractivity contribution in [1.82, 2.24) is 0 Å². The number of hydrogen-bond donors (Lipinski definition) is 1. The van der Waals surface area contributed by atoms with Gasteiger partial charge >= 0.3 is 0 Å². The number of nitrogens with two attached hydrogens (primary N) is 1. The highest BCUT2D eigenvalue weighted by Gasteiger charge is 2.10. The van der Waals surface area contributed by atoms with Gasteiger partial charge in [0.1, 0.15) is 11.5 Å². The fourth-order valence-corrected chi connectivity index (χ4v) is 2.39. The fraction of sp³-hybridized carbons (Fsp3) is 0.294. The van der Waals surface area contributed by atoms with E-state index in [9.17, 15) is 0 Å². The Hall–Kier alpha value is -1.51. The Kier molecular flexibility index (Phi) is 4.69. The smallest absolute Gasteiger partial charge is 0.146 e. The highest BCUT2D eigenvalue weighted by Crippen LogP contribution is 2.32. The molecule has 0 saturated carbocycles. The maximum absolute atomic E-state index is 6.22. The predicted octanol–water partition coefficient (Wildman–Crippen LogP) is 4.64. The summed E-state index contributed by atoms with van der Waals surface area (Å²) in [6.45, 7) is 6.06. The van der Waals surface area contributed by atoms with Crippen LogP contribution in [-0.2, 0) is 6.42 Å². The number of aryl methyl sites for hydroxylation is 2. The molecule has 0 bridgehead atoms. The van der Waals surface area contributed by atoms with Gasteiger partial charge in [-0.15, -0.1) is 0 Å². The molecule has 0 amide bonds. The fourth-order valence-electron chi connectivity index (χ4n) is 2.12. The molecule has 0 radical (unpaired) electrons. The molecule has 2 aromatic carbocycles. The second kappa shape index (κ2) is 6.29. The Balaban J connectivity index is 2.32. The van der Waals surface area contributed by atoms with E-state index in [1.165, 1.54) is 5.56 Å². The van der Waals surface area contributed by atoms with Crippen LogP contribution in [0.2, 0.25) is 5.02 Å². The Labute approximate surface area is 125 Å². The van der Waals surface area contributed by atoms with Crippen molar-refractivity contribution >= 4 is 11.6 Å². The van der Waals surface area contributed by atoms with Gasteiger partial charge in [-0.25, -0.2) is 0 Å². The topological polar surface area (TPSA) is 35.2 Å². The van der Waals surface area contributed by atoms with Crippen molar-refractivity contribution in [2.75, 3.05) is 0 Å². The third-order valence-electron chi connectivity index (χ3n) is 3.07. The molecule has 0 heterocycles. The summed E-state index contributed by atoms with van der Waals surface area (Å²) in [5.74, 6) is 1.49. The van der Waals surface area contributed by atoms with E-state index in [0.29, 0.717) is 10.8 Å². The minimum atomic E-state index is 0.0904. The Morgan fingerprint density at radius 1 is 1.05 bits per heavy atom. The van der Waals surface area contributed by atoms with Crippen LogP contribution in [0.25, 0.3) is 0 Å². The van der Waals surface area contributed by atoms with Crippen LogP contribution >= 0.6 is 11.6 Å². The van der Waals surface area contributed by atoms with Crippen molar-refractivity contribution in [3.05, 3.63) is 58.1 Å². The number of hydrogen-bond acceptors (Lipinski definition) is 2. The summed E-state index contributed by atoms with van der Waals surface area (Å²) in [5.41, 5.74) is 9.32. The van der Waals surface area contributed by atoms with Crippen molar-refractivity contribution in [3.8, 4) is 11.5 Å². The van der Waals surface area contributed by atoms with Gasteiger partial charge in [0, 0.05) is 6.04 Å². The van der Waals surface area contributed by atoms with E-state index < -0.39 is 0 Å². The summed E-state index contributed by atoms with van der Waals surface area (Å²) in [6, 6.07) is 12.0. The van der Waals surface area contributed by atoms with Crippen molar-refractivity contribution < 1.29 is 4.74 Å². The normalized spacial score (nSPS) is 12.2. The van der Waals surface area contributed by atoms with Crippen LogP contribution in [0.1, 0.15) is 23.6 Å². The zero-order valence-electron chi connectivity index (χ0n) is 12.1. The third-order valence-corrected chi connectivity index (χ3v) is 3.36. The van der Waals surface area contributed by atoms with Crippen LogP contribution in [0, 0.1) is 13.8 Å². The standard InChI is InChI=1S/C17H20ClNO/c1-11-4-6-16(14(8-11)10-13(3)19)20-17-7-5-12(2)9-15(17)18/h4-9,13H,10,19H2,1-3H3. The van der Waals surface area contributed by atoms with E-state index in [0.717, 1.165) is 23.3 Å². The summed E-state index contributed by atoms with van der Waals surface area (Å²) in [4.78, 5) is 0. The van der Waals surface area contributed by atoms with Crippen LogP contribution in [-0.4, -0.2) is 6.04 Å². The van der Waals surface area contributed by atoms with Crippen molar-refractivity contribution in [1.29, 1.82) is 0 Å². The van der Waals surface area contributed by atoms with Gasteiger partial charge in [0.25, 0.3) is 0 Å². The molecule has 2 N–H and O–H groups in total. The molecule has 0 aliphatic carbocycles. The van der Waals surface area contributed by atoms with E-state index >= 15 is 0 Å². The molecule has 0 aromatic heterocycles. The molecule has 2 rings (SSSR count). The van der Waals surface area contributed by atoms with Crippen LogP contribution in [0.4, 0.5) is 0 Å². The van der Waals surface area contributed by atoms with Gasteiger partial charge in [-0.05, 0) is 56.5 Å². The molecule has 2 aromatic rings. The minimum Gasteiger partial charge on any atom is -0.456 e. The van der Waals surface area contributed by atoms with Gasteiger partial charge in [-0.2, -0.15) is 0 Å². The van der Waals surface area contributed by atoms with Crippen molar-refractivity contribution in [2.45, 2.75) is 33.2 Å². The van der Waals surface area contributed by atoms with Gasteiger partial charge in [0.15, 0.2) is 0 Å². The molecule has 1 atom stereocenters. The van der Waals surface area contributed by atoms with Gasteiger partial charge in [0.2, 0.25) is 0 Å². The first kappa shape index (κ1) is 14.9. The van der Waals surface area contributed by atoms with Gasteiger partial charge in [-0.1, -0.05) is 35.4 Å². The monoisotopic (exact) mass is 289 g/mol. The maximum Gasteiger partial charge on any atom is 0.146 e. The SMILES string of the molecule is Cc1ccc(Oc2ccc(C)cc2CC(C)N)c(Cl)c1. The maximum atomic E-state index is 6.22. The zero-order valence-corrected chi connectivity index (χ0v) is 12.9. The molecule has 0 aliphatic rings. The molecule has 20 heavy (non-hydrogen) atoms. The van der Waals surface area contributed by atoms with E-state index in [2.05, 4.69) is 13.0 Å². The number of benzene rings is 2. The Bertz CT molecular complexity index is 608. The van der Waals surface area contributed by atoms with E-state index in [4.69, 9.17) is 22.1 Å². The van der Waals surface area contributed by atoms with E-state index in [-0.39, 0.29) is 6.04 Å². The molecular weight excluding hydrogens is 270 g/mol. The van der Waals surface area contributed by atoms with Crippen LogP contribution in [0.5, 0.6) is 11.5 Å². The van der Waals surface area contributed by atoms with Gasteiger partial charge < -0.3 is 10.5 Å². The summed E-state index contributed by atoms with van der Waals surface area (Å²) in [5, 5.41) is 0.623. The lowest BCUT2D eigenvalue weighted by Crippen LogP contribution is -2.18. The van der Waals surface area contributed by atoms with Crippen molar-refractivity contribution in [3.63, 3.8) is 0 Å². The lowest BCUT2D eigenvalue weighted by atomic mass is 10.0. The predicted molar refractivity (Wildman–Crippen MR) is 84.8 cm³/mol. The molecule has 3 heteroatoms. The van der Waals surface area contributed by atoms with E-state index in [1.54, 1.807) is 0 Å². The number of ether oxygens (including phenoxy) is 1. The second-order valence-electron chi connectivity index (χ2n) is 5.33. The lowest BCUT2D eigenvalue weighted by molar-refractivity contribution is 0.474. The largest absolute Gasteiger partial charge is 0.456 e. The average Bonchev–Trinajstić information content (AvgIpc) is 2.34. The van der Waals surface area contributed by atoms with Crippen LogP contribution < -0.4 is 10.5 Å². The van der Waals surface area contributed by atoms with Gasteiger partial charge in [0.05, 0.1) is 5.02 Å². The number of rotatable bonds is 4. The zero-order chi connectivity index (χ0) is 14.7. The Morgan fingerprint density at radius 2 is 1.65 bits per heavy atom. The molecule has 2 nitrogen and oxygen atoms in total. The van der Waals surface area contributed by atoms with Crippen molar-refractivity contribution in [2.24, 2.45) is 5.73 Å². The summed E-state index contributed by atoms with van der Waals surface area (Å²) in [7, 11) is 0. The molecule has 0 spiro atoms. The average molecular weight is 290 g/mol. The van der Waals surface area contributed by atoms with Crippen LogP contribution in [0.3, 0.4) is 0 Å². The van der Waals surface area contributed by atoms with Crippen LogP contribution in [0.15, 0.2) is 36.4 Å². The highest BCUT2D eigenvalue weighted by molar-refractivity contribution is 6.32. The molecule has 0 aliphatic heterocycles. The molecule has 1 unspecified atom stereocenters. The molecule has 0 fully saturated rings. The molecule has 0 saturated heterocycles. The first-order valence-electron chi connectivity index (χ1n) is 6.75. The first-order chi connectivity index (χ1) is 9.45.